The summed E-state index contributed by atoms with van der Waals surface area (Å²) in [6.45, 7) is 3.70. The van der Waals surface area contributed by atoms with Gasteiger partial charge >= 0.3 is 0 Å². The number of piperidine rings is 1. The van der Waals surface area contributed by atoms with Crippen LogP contribution in [0, 0.1) is 12.8 Å². The van der Waals surface area contributed by atoms with E-state index in [2.05, 4.69) is 15.3 Å². The molecule has 31 heavy (non-hydrogen) atoms. The van der Waals surface area contributed by atoms with Gasteiger partial charge in [0.25, 0.3) is 0 Å². The average molecular weight is 458 g/mol. The lowest BCUT2D eigenvalue weighted by molar-refractivity contribution is -0.126. The molecule has 1 saturated heterocycles. The van der Waals surface area contributed by atoms with E-state index in [1.807, 2.05) is 35.9 Å². The van der Waals surface area contributed by atoms with Crippen molar-refractivity contribution in [1.29, 1.82) is 0 Å². The Morgan fingerprint density at radius 3 is 2.68 bits per heavy atom. The van der Waals surface area contributed by atoms with Gasteiger partial charge in [0, 0.05) is 24.2 Å². The van der Waals surface area contributed by atoms with Crippen LogP contribution in [0.25, 0.3) is 16.0 Å². The Bertz CT molecular complexity index is 1070. The lowest BCUT2D eigenvalue weighted by Crippen LogP contribution is -2.46. The van der Waals surface area contributed by atoms with Crippen LogP contribution in [0.2, 0.25) is 5.02 Å². The second-order valence-corrected chi connectivity index (χ2v) is 10.2. The minimum absolute atomic E-state index is 0.0385. The van der Waals surface area contributed by atoms with Crippen LogP contribution < -0.4 is 10.2 Å². The molecule has 1 atom stereocenters. The predicted molar refractivity (Wildman–Crippen MR) is 126 cm³/mol. The van der Waals surface area contributed by atoms with E-state index in [0.717, 1.165) is 65.6 Å². The molecule has 1 N–H and O–H groups in total. The lowest BCUT2D eigenvalue weighted by Gasteiger charge is -2.33. The molecular formula is C23H28ClN5OS. The first-order chi connectivity index (χ1) is 15.1. The fraction of sp³-hybridized carbons (Fsp3) is 0.522. The van der Waals surface area contributed by atoms with Gasteiger partial charge in [-0.25, -0.2) is 4.68 Å². The molecule has 2 aliphatic rings. The van der Waals surface area contributed by atoms with Crippen molar-refractivity contribution < 1.29 is 4.79 Å². The molecule has 8 heteroatoms. The van der Waals surface area contributed by atoms with Crippen molar-refractivity contribution in [3.8, 4) is 5.69 Å². The van der Waals surface area contributed by atoms with Crippen LogP contribution in [-0.2, 0) is 4.79 Å². The van der Waals surface area contributed by atoms with E-state index in [1.54, 1.807) is 11.3 Å². The number of benzene rings is 1. The maximum atomic E-state index is 12.9. The Balaban J connectivity index is 1.34. The Hall–Kier alpha value is -2.12. The summed E-state index contributed by atoms with van der Waals surface area (Å²) >= 11 is 7.72. The highest BCUT2D eigenvalue weighted by atomic mass is 35.5. The maximum absolute atomic E-state index is 12.9. The van der Waals surface area contributed by atoms with E-state index >= 15 is 0 Å². The third-order valence-electron chi connectivity index (χ3n) is 6.46. The number of halogens is 1. The van der Waals surface area contributed by atoms with Crippen molar-refractivity contribution in [2.24, 2.45) is 5.92 Å². The molecule has 2 fully saturated rings. The number of hydrogen-bond acceptors (Lipinski definition) is 5. The van der Waals surface area contributed by atoms with Gasteiger partial charge in [-0.2, -0.15) is 10.1 Å². The zero-order valence-corrected chi connectivity index (χ0v) is 19.4. The van der Waals surface area contributed by atoms with Crippen LogP contribution in [0.15, 0.2) is 24.3 Å². The summed E-state index contributed by atoms with van der Waals surface area (Å²) in [4.78, 5) is 20.1. The Morgan fingerprint density at radius 2 is 1.90 bits per heavy atom. The minimum atomic E-state index is 0.0385. The molecule has 2 aromatic heterocycles. The van der Waals surface area contributed by atoms with Crippen LogP contribution >= 0.6 is 22.9 Å². The molecule has 6 nitrogen and oxygen atoms in total. The van der Waals surface area contributed by atoms with Gasteiger partial charge in [-0.15, -0.1) is 0 Å². The molecule has 1 aliphatic heterocycles. The first-order valence-corrected chi connectivity index (χ1v) is 12.5. The van der Waals surface area contributed by atoms with Gasteiger partial charge in [0.15, 0.2) is 10.8 Å². The molecule has 0 spiro atoms. The molecule has 0 bridgehead atoms. The van der Waals surface area contributed by atoms with Crippen LogP contribution in [0.1, 0.15) is 50.6 Å². The molecule has 5 rings (SSSR count). The van der Waals surface area contributed by atoms with Crippen molar-refractivity contribution in [3.63, 3.8) is 0 Å². The van der Waals surface area contributed by atoms with Crippen LogP contribution in [0.3, 0.4) is 0 Å². The summed E-state index contributed by atoms with van der Waals surface area (Å²) in [5, 5.41) is 9.68. The lowest BCUT2D eigenvalue weighted by atomic mass is 9.93. The largest absolute Gasteiger partial charge is 0.353 e. The van der Waals surface area contributed by atoms with E-state index in [0.29, 0.717) is 11.1 Å². The summed E-state index contributed by atoms with van der Waals surface area (Å²) < 4.78 is 2.98. The molecular weight excluding hydrogens is 430 g/mol. The molecule has 1 aromatic carbocycles. The minimum Gasteiger partial charge on any atom is -0.353 e. The van der Waals surface area contributed by atoms with E-state index in [9.17, 15) is 4.79 Å². The Kier molecular flexibility index (Phi) is 5.89. The number of anilines is 1. The second kappa shape index (κ2) is 8.79. The normalized spacial score (nSPS) is 20.3. The SMILES string of the molecule is Cc1nn(-c2ccc(Cl)cc2)c2nc(N3CCC[C@@H](C(=O)NC4CCCCC4)C3)sc12. The van der Waals surface area contributed by atoms with Gasteiger partial charge in [-0.1, -0.05) is 42.2 Å². The van der Waals surface area contributed by atoms with Gasteiger partial charge in [0.1, 0.15) is 0 Å². The third kappa shape index (κ3) is 4.30. The number of carbonyl (C=O) groups is 1. The topological polar surface area (TPSA) is 63.1 Å². The number of nitrogens with zero attached hydrogens (tertiary/aromatic N) is 4. The maximum Gasteiger partial charge on any atom is 0.225 e. The smallest absolute Gasteiger partial charge is 0.225 e. The number of fused-ring (bicyclic) bond motifs is 1. The van der Waals surface area contributed by atoms with Gasteiger partial charge in [0.05, 0.1) is 22.0 Å². The number of aromatic nitrogens is 3. The standard InChI is InChI=1S/C23H28ClN5OS/c1-15-20-21(29(27-15)19-11-9-17(24)10-12-19)26-23(31-20)28-13-5-6-16(14-28)22(30)25-18-7-3-2-4-8-18/h9-12,16,18H,2-8,13-14H2,1H3,(H,25,30)/t16-/m1/s1. The zero-order chi connectivity index (χ0) is 21.4. The van der Waals surface area contributed by atoms with Gasteiger partial charge in [-0.3, -0.25) is 4.79 Å². The van der Waals surface area contributed by atoms with Crippen molar-refractivity contribution in [3.05, 3.63) is 35.0 Å². The highest BCUT2D eigenvalue weighted by molar-refractivity contribution is 7.22. The van der Waals surface area contributed by atoms with Crippen molar-refractivity contribution >= 4 is 44.3 Å². The first-order valence-electron chi connectivity index (χ1n) is 11.3. The van der Waals surface area contributed by atoms with Crippen molar-refractivity contribution in [1.82, 2.24) is 20.1 Å². The molecule has 3 aromatic rings. The molecule has 164 valence electrons. The van der Waals surface area contributed by atoms with Crippen LogP contribution in [0.5, 0.6) is 0 Å². The summed E-state index contributed by atoms with van der Waals surface area (Å²) in [5.74, 6) is 0.262. The fourth-order valence-electron chi connectivity index (χ4n) is 4.75. The van der Waals surface area contributed by atoms with Crippen LogP contribution in [0.4, 0.5) is 5.13 Å². The number of rotatable bonds is 4. The van der Waals surface area contributed by atoms with Crippen molar-refractivity contribution in [2.45, 2.75) is 57.9 Å². The van der Waals surface area contributed by atoms with Gasteiger partial charge in [-0.05, 0) is 56.9 Å². The monoisotopic (exact) mass is 457 g/mol. The molecule has 1 saturated carbocycles. The molecule has 1 amide bonds. The van der Waals surface area contributed by atoms with Gasteiger partial charge in [0.2, 0.25) is 5.91 Å². The third-order valence-corrected chi connectivity index (χ3v) is 7.93. The number of amides is 1. The van der Waals surface area contributed by atoms with Crippen molar-refractivity contribution in [2.75, 3.05) is 18.0 Å². The summed E-state index contributed by atoms with van der Waals surface area (Å²) in [5.41, 5.74) is 2.79. The Labute approximate surface area is 191 Å². The quantitative estimate of drug-likeness (QED) is 0.591. The molecule has 3 heterocycles. The first kappa shape index (κ1) is 20.8. The summed E-state index contributed by atoms with van der Waals surface area (Å²) in [7, 11) is 0. The summed E-state index contributed by atoms with van der Waals surface area (Å²) in [6, 6.07) is 8.02. The highest BCUT2D eigenvalue weighted by Crippen LogP contribution is 2.34. The number of thiazole rings is 1. The number of nitrogens with one attached hydrogen (secondary N) is 1. The number of aryl methyl sites for hydroxylation is 1. The molecule has 1 aliphatic carbocycles. The number of hydrogen-bond donors (Lipinski definition) is 1. The predicted octanol–water partition coefficient (Wildman–Crippen LogP) is 5.11. The zero-order valence-electron chi connectivity index (χ0n) is 17.8. The number of carbonyl (C=O) groups excluding carboxylic acids is 1. The van der Waals surface area contributed by atoms with E-state index < -0.39 is 0 Å². The van der Waals surface area contributed by atoms with E-state index in [1.165, 1.54) is 19.3 Å². The van der Waals surface area contributed by atoms with Gasteiger partial charge < -0.3 is 10.2 Å². The summed E-state index contributed by atoms with van der Waals surface area (Å²) in [6.07, 6.45) is 7.99. The second-order valence-electron chi connectivity index (χ2n) is 8.75. The fourth-order valence-corrected chi connectivity index (χ4v) is 5.90. The van der Waals surface area contributed by atoms with E-state index in [-0.39, 0.29) is 11.8 Å². The average Bonchev–Trinajstić information content (AvgIpc) is 3.36. The molecule has 0 radical (unpaired) electrons. The highest BCUT2D eigenvalue weighted by Gasteiger charge is 2.29. The Morgan fingerprint density at radius 1 is 1.13 bits per heavy atom. The van der Waals surface area contributed by atoms with Crippen LogP contribution in [-0.4, -0.2) is 39.8 Å². The van der Waals surface area contributed by atoms with E-state index in [4.69, 9.17) is 16.6 Å². The molecule has 0 unspecified atom stereocenters.